The van der Waals surface area contributed by atoms with Gasteiger partial charge in [-0.15, -0.1) is 11.3 Å². The summed E-state index contributed by atoms with van der Waals surface area (Å²) < 4.78 is 0. The lowest BCUT2D eigenvalue weighted by Gasteiger charge is -2.23. The van der Waals surface area contributed by atoms with Crippen molar-refractivity contribution in [1.29, 1.82) is 0 Å². The number of fused-ring (bicyclic) bond motifs is 1. The molecule has 1 atom stereocenters. The van der Waals surface area contributed by atoms with Crippen LogP contribution in [0.1, 0.15) is 46.5 Å². The highest BCUT2D eigenvalue weighted by molar-refractivity contribution is 7.10. The first kappa shape index (κ1) is 12.2. The zero-order valence-corrected chi connectivity index (χ0v) is 11.3. The number of hydrogen-bond donors (Lipinski definition) is 1. The third kappa shape index (κ3) is 1.97. The molecule has 98 valence electrons. The zero-order chi connectivity index (χ0) is 12.5. The molecule has 1 aromatic rings. The van der Waals surface area contributed by atoms with Crippen molar-refractivity contribution in [2.24, 2.45) is 0 Å². The fraction of sp³-hybridized carbons (Fsp3) is 0.643. The van der Waals surface area contributed by atoms with Gasteiger partial charge in [0.25, 0.3) is 5.91 Å². The minimum absolute atomic E-state index is 0.0386. The number of likely N-dealkylation sites (tertiary alicyclic amines) is 1. The van der Waals surface area contributed by atoms with Crippen LogP contribution >= 0.6 is 11.3 Å². The van der Waals surface area contributed by atoms with Crippen molar-refractivity contribution in [3.05, 3.63) is 21.4 Å². The lowest BCUT2D eigenvalue weighted by Crippen LogP contribution is -2.37. The molecule has 1 saturated heterocycles. The van der Waals surface area contributed by atoms with Crippen molar-refractivity contribution in [3.63, 3.8) is 0 Å². The van der Waals surface area contributed by atoms with Gasteiger partial charge in [0.2, 0.25) is 0 Å². The van der Waals surface area contributed by atoms with Gasteiger partial charge in [-0.1, -0.05) is 0 Å². The monoisotopic (exact) mass is 265 g/mol. The molecule has 0 aromatic carbocycles. The lowest BCUT2D eigenvalue weighted by molar-refractivity contribution is 0.0677. The number of aliphatic hydroxyl groups is 1. The molecule has 0 bridgehead atoms. The summed E-state index contributed by atoms with van der Waals surface area (Å²) in [6.07, 6.45) is 6.60. The van der Waals surface area contributed by atoms with E-state index in [1.54, 1.807) is 11.3 Å². The second-order valence-corrected chi connectivity index (χ2v) is 6.20. The first-order valence-electron chi connectivity index (χ1n) is 6.82. The van der Waals surface area contributed by atoms with E-state index in [1.807, 2.05) is 10.3 Å². The summed E-state index contributed by atoms with van der Waals surface area (Å²) in [6, 6.07) is 0.0386. The van der Waals surface area contributed by atoms with Gasteiger partial charge in [0.15, 0.2) is 0 Å². The van der Waals surface area contributed by atoms with Crippen molar-refractivity contribution in [3.8, 4) is 0 Å². The average molecular weight is 265 g/mol. The molecule has 0 unspecified atom stereocenters. The fourth-order valence-corrected chi connectivity index (χ4v) is 4.24. The van der Waals surface area contributed by atoms with E-state index in [1.165, 1.54) is 23.3 Å². The van der Waals surface area contributed by atoms with Gasteiger partial charge in [-0.05, 0) is 44.1 Å². The maximum atomic E-state index is 12.6. The van der Waals surface area contributed by atoms with E-state index in [0.29, 0.717) is 0 Å². The maximum Gasteiger partial charge on any atom is 0.255 e. The summed E-state index contributed by atoms with van der Waals surface area (Å²) in [5.74, 6) is 0.144. The van der Waals surface area contributed by atoms with Crippen LogP contribution < -0.4 is 0 Å². The Morgan fingerprint density at radius 2 is 2.22 bits per heavy atom. The highest BCUT2D eigenvalue weighted by Crippen LogP contribution is 2.32. The number of carbonyl (C=O) groups excluding carboxylic acids is 1. The van der Waals surface area contributed by atoms with Crippen LogP contribution in [0.3, 0.4) is 0 Å². The Bertz CT molecular complexity index is 455. The van der Waals surface area contributed by atoms with Gasteiger partial charge in [0.1, 0.15) is 0 Å². The number of hydrogen-bond acceptors (Lipinski definition) is 3. The van der Waals surface area contributed by atoms with Crippen LogP contribution in [0, 0.1) is 0 Å². The minimum atomic E-state index is 0.0386. The zero-order valence-electron chi connectivity index (χ0n) is 10.5. The maximum absolute atomic E-state index is 12.6. The number of carbonyl (C=O) groups is 1. The molecular weight excluding hydrogens is 246 g/mol. The Labute approximate surface area is 111 Å². The predicted octanol–water partition coefficient (Wildman–Crippen LogP) is 2.22. The van der Waals surface area contributed by atoms with E-state index in [9.17, 15) is 9.90 Å². The molecule has 1 aliphatic heterocycles. The highest BCUT2D eigenvalue weighted by Gasteiger charge is 2.31. The van der Waals surface area contributed by atoms with Crippen molar-refractivity contribution in [2.45, 2.75) is 44.6 Å². The number of rotatable bonds is 2. The van der Waals surface area contributed by atoms with Gasteiger partial charge in [-0.2, -0.15) is 0 Å². The number of thiophene rings is 1. The summed E-state index contributed by atoms with van der Waals surface area (Å²) in [5.41, 5.74) is 2.20. The van der Waals surface area contributed by atoms with Gasteiger partial charge in [-0.25, -0.2) is 0 Å². The number of aliphatic hydroxyl groups excluding tert-OH is 1. The van der Waals surface area contributed by atoms with E-state index in [-0.39, 0.29) is 18.6 Å². The van der Waals surface area contributed by atoms with Crippen LogP contribution in [0.5, 0.6) is 0 Å². The largest absolute Gasteiger partial charge is 0.394 e. The van der Waals surface area contributed by atoms with Crippen LogP contribution in [0.2, 0.25) is 0 Å². The second-order valence-electron chi connectivity index (χ2n) is 5.24. The summed E-state index contributed by atoms with van der Waals surface area (Å²) in [7, 11) is 0. The Kier molecular flexibility index (Phi) is 3.39. The van der Waals surface area contributed by atoms with E-state index < -0.39 is 0 Å². The number of nitrogens with zero attached hydrogens (tertiary/aromatic N) is 1. The van der Waals surface area contributed by atoms with Crippen LogP contribution in [0.15, 0.2) is 5.38 Å². The minimum Gasteiger partial charge on any atom is -0.394 e. The van der Waals surface area contributed by atoms with Crippen LogP contribution in [0.25, 0.3) is 0 Å². The number of amides is 1. The molecule has 0 saturated carbocycles. The van der Waals surface area contributed by atoms with Crippen LogP contribution in [0.4, 0.5) is 0 Å². The van der Waals surface area contributed by atoms with E-state index >= 15 is 0 Å². The normalized spacial score (nSPS) is 23.2. The van der Waals surface area contributed by atoms with Crippen LogP contribution in [-0.2, 0) is 12.8 Å². The molecule has 2 aliphatic rings. The summed E-state index contributed by atoms with van der Waals surface area (Å²) in [6.45, 7) is 0.896. The van der Waals surface area contributed by atoms with Crippen molar-refractivity contribution in [1.82, 2.24) is 4.90 Å². The highest BCUT2D eigenvalue weighted by atomic mass is 32.1. The third-order valence-corrected chi connectivity index (χ3v) is 5.23. The van der Waals surface area contributed by atoms with E-state index in [0.717, 1.165) is 37.8 Å². The van der Waals surface area contributed by atoms with E-state index in [2.05, 4.69) is 0 Å². The van der Waals surface area contributed by atoms with E-state index in [4.69, 9.17) is 0 Å². The quantitative estimate of drug-likeness (QED) is 0.890. The molecule has 18 heavy (non-hydrogen) atoms. The first-order chi connectivity index (χ1) is 8.81. The number of aryl methyl sites for hydroxylation is 1. The van der Waals surface area contributed by atoms with Gasteiger partial charge < -0.3 is 10.0 Å². The average Bonchev–Trinajstić information content (AvgIpc) is 3.04. The van der Waals surface area contributed by atoms with Crippen molar-refractivity contribution >= 4 is 17.2 Å². The van der Waals surface area contributed by atoms with Crippen molar-refractivity contribution in [2.75, 3.05) is 13.2 Å². The Morgan fingerprint density at radius 1 is 1.39 bits per heavy atom. The smallest absolute Gasteiger partial charge is 0.255 e. The topological polar surface area (TPSA) is 40.5 Å². The molecule has 0 radical (unpaired) electrons. The molecule has 1 aliphatic carbocycles. The third-order valence-electron chi connectivity index (χ3n) is 4.14. The SMILES string of the molecule is O=C(c1csc2c1CCCC2)N1CCC[C@H]1CO. The van der Waals surface area contributed by atoms with Gasteiger partial charge in [-0.3, -0.25) is 4.79 Å². The van der Waals surface area contributed by atoms with Gasteiger partial charge in [0, 0.05) is 16.8 Å². The molecule has 1 amide bonds. The standard InChI is InChI=1S/C14H19NO2S/c16-8-10-4-3-7-15(10)14(17)12-9-18-13-6-2-1-5-11(12)13/h9-10,16H,1-8H2/t10-/m0/s1. The molecular formula is C14H19NO2S. The fourth-order valence-electron chi connectivity index (χ4n) is 3.12. The van der Waals surface area contributed by atoms with Gasteiger partial charge >= 0.3 is 0 Å². The second kappa shape index (κ2) is 5.02. The summed E-state index contributed by atoms with van der Waals surface area (Å²) in [5, 5.41) is 11.4. The lowest BCUT2D eigenvalue weighted by atomic mass is 9.95. The molecule has 1 aromatic heterocycles. The molecule has 1 fully saturated rings. The molecule has 3 rings (SSSR count). The first-order valence-corrected chi connectivity index (χ1v) is 7.70. The molecule has 2 heterocycles. The Balaban J connectivity index is 1.86. The Hall–Kier alpha value is -0.870. The summed E-state index contributed by atoms with van der Waals surface area (Å²) >= 11 is 1.74. The molecule has 0 spiro atoms. The van der Waals surface area contributed by atoms with Crippen LogP contribution in [-0.4, -0.2) is 35.1 Å². The van der Waals surface area contributed by atoms with Crippen molar-refractivity contribution < 1.29 is 9.90 Å². The predicted molar refractivity (Wildman–Crippen MR) is 72.1 cm³/mol. The van der Waals surface area contributed by atoms with Gasteiger partial charge in [0.05, 0.1) is 18.2 Å². The molecule has 3 nitrogen and oxygen atoms in total. The Morgan fingerprint density at radius 3 is 3.06 bits per heavy atom. The molecule has 1 N–H and O–H groups in total. The summed E-state index contributed by atoms with van der Waals surface area (Å²) in [4.78, 5) is 15.8. The molecule has 4 heteroatoms.